The lowest BCUT2D eigenvalue weighted by atomic mass is 10.0. The number of imide groups is 1. The molecule has 17 nitrogen and oxygen atoms in total. The highest BCUT2D eigenvalue weighted by atomic mass is 35.5. The van der Waals surface area contributed by atoms with E-state index in [4.69, 9.17) is 30.8 Å². The van der Waals surface area contributed by atoms with Gasteiger partial charge in [0.05, 0.1) is 57.1 Å². The van der Waals surface area contributed by atoms with E-state index in [1.807, 2.05) is 35.8 Å². The number of ether oxygens (including phenoxy) is 3. The fourth-order valence-electron chi connectivity index (χ4n) is 7.55. The number of thioether (sulfide) groups is 1. The summed E-state index contributed by atoms with van der Waals surface area (Å²) in [5.41, 5.74) is 4.50. The van der Waals surface area contributed by atoms with Gasteiger partial charge < -0.3 is 30.2 Å². The minimum atomic E-state index is -0.603. The summed E-state index contributed by atoms with van der Waals surface area (Å²) in [5, 5.41) is 21.8. The molecule has 362 valence electrons. The van der Waals surface area contributed by atoms with Gasteiger partial charge >= 0.3 is 0 Å². The molecule has 4 amide bonds. The van der Waals surface area contributed by atoms with Crippen LogP contribution in [0.4, 0.5) is 5.69 Å². The molecule has 5 rings (SSSR count). The first kappa shape index (κ1) is 52.9. The van der Waals surface area contributed by atoms with Gasteiger partial charge in [0.1, 0.15) is 18.2 Å². The molecule has 1 saturated heterocycles. The highest BCUT2D eigenvalue weighted by molar-refractivity contribution is 8.11. The molecule has 0 spiro atoms. The summed E-state index contributed by atoms with van der Waals surface area (Å²) in [6.45, 7) is 14.9. The van der Waals surface area contributed by atoms with Crippen LogP contribution in [-0.4, -0.2) is 128 Å². The maximum atomic E-state index is 13.3. The second kappa shape index (κ2) is 27.7. The van der Waals surface area contributed by atoms with Crippen LogP contribution in [0.25, 0.3) is 5.03 Å². The number of carbonyl (C=O) groups excluding carboxylic acids is 5. The molecular weight excluding hydrogens is 898 g/mol. The predicted octanol–water partition coefficient (Wildman–Crippen LogP) is 6.02. The molecule has 2 aliphatic rings. The van der Waals surface area contributed by atoms with E-state index in [2.05, 4.69) is 51.9 Å². The summed E-state index contributed by atoms with van der Waals surface area (Å²) in [6, 6.07) is 11.6. The van der Waals surface area contributed by atoms with Gasteiger partial charge in [0.15, 0.2) is 5.82 Å². The lowest BCUT2D eigenvalue weighted by Crippen LogP contribution is -2.51. The first-order valence-corrected chi connectivity index (χ1v) is 23.9. The lowest BCUT2D eigenvalue weighted by Gasteiger charge is -2.30. The number of benzene rings is 2. The third-order valence-corrected chi connectivity index (χ3v) is 12.7. The maximum absolute atomic E-state index is 13.3. The van der Waals surface area contributed by atoms with E-state index < -0.39 is 12.1 Å². The summed E-state index contributed by atoms with van der Waals surface area (Å²) in [4.78, 5) is 69.9. The summed E-state index contributed by atoms with van der Waals surface area (Å²) in [7, 11) is 1.76. The second-order valence-corrected chi connectivity index (χ2v) is 18.1. The molecule has 2 aliphatic heterocycles. The number of aliphatic imine (C=N–C) groups is 1. The van der Waals surface area contributed by atoms with Crippen molar-refractivity contribution in [1.29, 1.82) is 0 Å². The zero-order valence-electron chi connectivity index (χ0n) is 39.0. The minimum absolute atomic E-state index is 0.0643. The number of nitrogens with zero attached hydrogens (tertiary/aromatic N) is 5. The zero-order chi connectivity index (χ0) is 48.1. The Hall–Kier alpha value is -5.08. The number of carbonyl (C=O) groups is 5. The van der Waals surface area contributed by atoms with E-state index in [1.54, 1.807) is 41.9 Å². The maximum Gasteiger partial charge on any atom is 0.243 e. The first-order chi connectivity index (χ1) is 32.3. The van der Waals surface area contributed by atoms with E-state index in [0.29, 0.717) is 112 Å². The average Bonchev–Trinajstić information content (AvgIpc) is 3.69. The van der Waals surface area contributed by atoms with Crippen molar-refractivity contribution in [3.63, 3.8) is 0 Å². The van der Waals surface area contributed by atoms with Gasteiger partial charge in [0.25, 0.3) is 0 Å². The molecule has 0 aliphatic carbocycles. The number of piperidine rings is 1. The lowest BCUT2D eigenvalue weighted by molar-refractivity contribution is -0.137. The molecule has 67 heavy (non-hydrogen) atoms. The Labute approximate surface area is 402 Å². The van der Waals surface area contributed by atoms with E-state index in [0.717, 1.165) is 52.5 Å². The molecule has 3 heterocycles. The van der Waals surface area contributed by atoms with Gasteiger partial charge in [-0.15, -0.1) is 10.2 Å². The fourth-order valence-corrected chi connectivity index (χ4v) is 8.60. The Morgan fingerprint density at radius 2 is 1.66 bits per heavy atom. The quantitative estimate of drug-likeness (QED) is 0.0413. The molecular formula is C48H64ClN9O8S. The molecule has 4 N–H and O–H groups in total. The van der Waals surface area contributed by atoms with Gasteiger partial charge in [-0.2, -0.15) is 0 Å². The van der Waals surface area contributed by atoms with Gasteiger partial charge in [0.2, 0.25) is 23.6 Å². The highest BCUT2D eigenvalue weighted by Crippen LogP contribution is 2.36. The first-order valence-electron chi connectivity index (χ1n) is 22.7. The number of aryl methyl sites for hydroxylation is 1. The highest BCUT2D eigenvalue weighted by Gasteiger charge is 2.31. The number of rotatable bonds is 26. The van der Waals surface area contributed by atoms with E-state index in [1.165, 1.54) is 0 Å². The molecule has 2 atom stereocenters. The van der Waals surface area contributed by atoms with Crippen molar-refractivity contribution in [3.05, 3.63) is 92.9 Å². The van der Waals surface area contributed by atoms with Crippen LogP contribution in [0.15, 0.2) is 64.5 Å². The minimum Gasteiger partial charge on any atom is -0.378 e. The van der Waals surface area contributed by atoms with Gasteiger partial charge in [-0.05, 0) is 82.3 Å². The topological polar surface area (TPSA) is 207 Å². The molecule has 0 radical (unpaired) electrons. The molecule has 0 bridgehead atoms. The number of fused-ring (bicyclic) bond motifs is 1. The van der Waals surface area contributed by atoms with Crippen molar-refractivity contribution < 1.29 is 38.2 Å². The molecule has 19 heteroatoms. The second-order valence-electron chi connectivity index (χ2n) is 16.4. The Morgan fingerprint density at radius 3 is 2.37 bits per heavy atom. The number of hydrogen-bond donors (Lipinski definition) is 4. The Morgan fingerprint density at radius 1 is 0.940 bits per heavy atom. The zero-order valence-corrected chi connectivity index (χ0v) is 40.6. The number of hydrogen-bond acceptors (Lipinski definition) is 14. The van der Waals surface area contributed by atoms with Crippen molar-refractivity contribution in [2.45, 2.75) is 90.8 Å². The van der Waals surface area contributed by atoms with Crippen LogP contribution in [0, 0.1) is 6.92 Å². The standard InChI is InChI=1S/C48H64ClN9O8S/c1-32-28-41(36-13-15-38(49)16-14-36)52-42(47-56-55-34(3)58(47)35(4)67-33(32)2)29-46(62)51-21-23-65-25-27-66-26-24-64-22-20-50-19-8-6-7-12-44(60)53-40-11-9-10-37(31-59)39(40)30-57(5)43-17-18-45(61)54-48(43)63/h9-11,13-16,31,42-43,50H,4,6-8,12,17-30H2,1-3,5H3,(H,51,62)(H,53,60)(H,54,61,63)/b33-32-,52-41+/t42-,43?/m0/s1. The van der Waals surface area contributed by atoms with Crippen molar-refractivity contribution in [3.8, 4) is 0 Å². The Kier molecular flexibility index (Phi) is 21.8. The van der Waals surface area contributed by atoms with Crippen LogP contribution in [0.1, 0.15) is 104 Å². The number of likely N-dealkylation sites (N-methyl/N-ethyl adjacent to an activating group) is 1. The van der Waals surface area contributed by atoms with Gasteiger partial charge in [-0.3, -0.25) is 43.7 Å². The normalized spacial score (nSPS) is 18.5. The SMILES string of the molecule is C=C1S/C(C)=C(/C)C/C(c2ccc(Cl)cc2)=N\[C@@H](CC(=O)NCCOCCOCCOCCNCCCCCC(=O)Nc2cccc(C=O)c2CN(C)C2CCC(=O)NC2=O)c2nnc(C)n21. The predicted molar refractivity (Wildman–Crippen MR) is 261 cm³/mol. The van der Waals surface area contributed by atoms with Gasteiger partial charge in [0, 0.05) is 66.4 Å². The Bertz CT molecular complexity index is 2250. The molecule has 1 fully saturated rings. The van der Waals surface area contributed by atoms with E-state index in [-0.39, 0.29) is 43.0 Å². The monoisotopic (exact) mass is 961 g/mol. The van der Waals surface area contributed by atoms with Crippen molar-refractivity contribution >= 4 is 69.7 Å². The van der Waals surface area contributed by atoms with Crippen molar-refractivity contribution in [1.82, 2.24) is 35.6 Å². The van der Waals surface area contributed by atoms with Gasteiger partial charge in [-0.1, -0.05) is 66.2 Å². The number of halogens is 1. The van der Waals surface area contributed by atoms with Crippen molar-refractivity contribution in [2.75, 3.05) is 71.6 Å². The summed E-state index contributed by atoms with van der Waals surface area (Å²) < 4.78 is 18.8. The summed E-state index contributed by atoms with van der Waals surface area (Å²) in [5.74, 6) is 0.239. The number of unbranched alkanes of at least 4 members (excludes halogenated alkanes) is 2. The molecule has 0 saturated carbocycles. The Balaban J connectivity index is 0.893. The fraction of sp³-hybridized carbons (Fsp3) is 0.500. The number of aldehydes is 1. The van der Waals surface area contributed by atoms with Crippen LogP contribution >= 0.6 is 23.4 Å². The van der Waals surface area contributed by atoms with Crippen LogP contribution in [0.2, 0.25) is 5.02 Å². The number of amides is 4. The number of nitrogens with one attached hydrogen (secondary N) is 4. The molecule has 2 aromatic carbocycles. The number of allylic oxidation sites excluding steroid dienone is 2. The van der Waals surface area contributed by atoms with Crippen molar-refractivity contribution in [2.24, 2.45) is 4.99 Å². The van der Waals surface area contributed by atoms with Gasteiger partial charge in [-0.25, -0.2) is 0 Å². The number of anilines is 1. The van der Waals surface area contributed by atoms with Crippen LogP contribution in [-0.2, 0) is 39.9 Å². The van der Waals surface area contributed by atoms with Crippen LogP contribution < -0.4 is 21.3 Å². The largest absolute Gasteiger partial charge is 0.378 e. The summed E-state index contributed by atoms with van der Waals surface area (Å²) in [6.07, 6.45) is 4.86. The smallest absolute Gasteiger partial charge is 0.243 e. The molecule has 1 unspecified atom stereocenters. The third kappa shape index (κ3) is 16.9. The molecule has 1 aromatic heterocycles. The van der Waals surface area contributed by atoms with Crippen LogP contribution in [0.5, 0.6) is 0 Å². The number of aromatic nitrogens is 3. The van der Waals surface area contributed by atoms with E-state index in [9.17, 15) is 24.0 Å². The average molecular weight is 963 g/mol. The molecule has 3 aromatic rings. The van der Waals surface area contributed by atoms with E-state index >= 15 is 0 Å². The summed E-state index contributed by atoms with van der Waals surface area (Å²) >= 11 is 7.75. The third-order valence-electron chi connectivity index (χ3n) is 11.3. The van der Waals surface area contributed by atoms with Crippen LogP contribution in [0.3, 0.4) is 0 Å².